The molecule has 0 N–H and O–H groups in total. The molecule has 1 aliphatic heterocycles. The summed E-state index contributed by atoms with van der Waals surface area (Å²) in [5.41, 5.74) is 2.53. The number of hydrogen-bond donors (Lipinski definition) is 0. The van der Waals surface area contributed by atoms with Crippen molar-refractivity contribution in [2.75, 3.05) is 45.3 Å². The van der Waals surface area contributed by atoms with Gasteiger partial charge in [0.2, 0.25) is 0 Å². The summed E-state index contributed by atoms with van der Waals surface area (Å²) < 4.78 is 11.8. The molecule has 1 fully saturated rings. The van der Waals surface area contributed by atoms with Crippen LogP contribution in [0.1, 0.15) is 5.56 Å². The predicted octanol–water partition coefficient (Wildman–Crippen LogP) is 3.79. The third-order valence-corrected chi connectivity index (χ3v) is 5.18. The molecular weight excluding hydrogens is 368 g/mol. The molecule has 0 spiro atoms. The van der Waals surface area contributed by atoms with E-state index in [1.54, 1.807) is 14.2 Å². The van der Waals surface area contributed by atoms with Crippen molar-refractivity contribution in [2.45, 2.75) is 6.54 Å². The Kier molecular flexibility index (Phi) is 5.63. The van der Waals surface area contributed by atoms with Crippen LogP contribution < -0.4 is 14.4 Å². The number of halogens is 1. The second kappa shape index (κ2) is 7.90. The van der Waals surface area contributed by atoms with Crippen LogP contribution >= 0.6 is 15.9 Å². The van der Waals surface area contributed by atoms with Gasteiger partial charge in [0.1, 0.15) is 0 Å². The third kappa shape index (κ3) is 3.84. The fourth-order valence-corrected chi connectivity index (χ4v) is 3.51. The van der Waals surface area contributed by atoms with Crippen molar-refractivity contribution in [2.24, 2.45) is 0 Å². The van der Waals surface area contributed by atoms with Gasteiger partial charge in [0.25, 0.3) is 0 Å². The predicted molar refractivity (Wildman–Crippen MR) is 101 cm³/mol. The van der Waals surface area contributed by atoms with E-state index in [2.05, 4.69) is 62.1 Å². The molecule has 3 rings (SSSR count). The molecule has 0 amide bonds. The van der Waals surface area contributed by atoms with E-state index in [9.17, 15) is 0 Å². The van der Waals surface area contributed by atoms with Gasteiger partial charge in [-0.1, -0.05) is 34.1 Å². The Morgan fingerprint density at radius 1 is 0.917 bits per heavy atom. The van der Waals surface area contributed by atoms with Gasteiger partial charge in [0.15, 0.2) is 11.5 Å². The van der Waals surface area contributed by atoms with E-state index in [1.165, 1.54) is 11.3 Å². The lowest BCUT2D eigenvalue weighted by Crippen LogP contribution is -2.46. The highest BCUT2D eigenvalue weighted by Crippen LogP contribution is 2.34. The van der Waals surface area contributed by atoms with Crippen molar-refractivity contribution >= 4 is 21.6 Å². The van der Waals surface area contributed by atoms with Crippen LogP contribution in [-0.2, 0) is 6.54 Å². The molecular formula is C19H23BrN2O2. The monoisotopic (exact) mass is 390 g/mol. The zero-order chi connectivity index (χ0) is 16.9. The van der Waals surface area contributed by atoms with Crippen LogP contribution in [0.2, 0.25) is 0 Å². The topological polar surface area (TPSA) is 24.9 Å². The minimum Gasteiger partial charge on any atom is -0.493 e. The molecule has 0 radical (unpaired) electrons. The lowest BCUT2D eigenvalue weighted by Gasteiger charge is -2.36. The highest BCUT2D eigenvalue weighted by molar-refractivity contribution is 9.10. The van der Waals surface area contributed by atoms with Crippen molar-refractivity contribution in [1.82, 2.24) is 4.90 Å². The fraction of sp³-hybridized carbons (Fsp3) is 0.368. The smallest absolute Gasteiger partial charge is 0.161 e. The fourth-order valence-electron chi connectivity index (χ4n) is 3.06. The summed E-state index contributed by atoms with van der Waals surface area (Å²) in [6.45, 7) is 5.11. The van der Waals surface area contributed by atoms with Gasteiger partial charge in [-0.3, -0.25) is 4.90 Å². The number of hydrogen-bond acceptors (Lipinski definition) is 4. The third-order valence-electron chi connectivity index (χ3n) is 4.44. The van der Waals surface area contributed by atoms with Gasteiger partial charge in [-0.25, -0.2) is 0 Å². The molecule has 0 aliphatic carbocycles. The molecule has 0 atom stereocenters. The average Bonchev–Trinajstić information content (AvgIpc) is 2.64. The Bertz CT molecular complexity index is 671. The average molecular weight is 391 g/mol. The lowest BCUT2D eigenvalue weighted by molar-refractivity contribution is 0.249. The standard InChI is InChI=1S/C19H23BrN2O2/c1-23-18-12-15(17(20)13-19(18)24-2)14-21-8-10-22(11-9-21)16-6-4-3-5-7-16/h3-7,12-13H,8-11,14H2,1-2H3. The number of benzene rings is 2. The first-order valence-corrected chi connectivity index (χ1v) is 8.93. The lowest BCUT2D eigenvalue weighted by atomic mass is 10.1. The summed E-state index contributed by atoms with van der Waals surface area (Å²) in [6.07, 6.45) is 0. The van der Waals surface area contributed by atoms with Gasteiger partial charge < -0.3 is 14.4 Å². The van der Waals surface area contributed by atoms with E-state index in [4.69, 9.17) is 9.47 Å². The molecule has 4 nitrogen and oxygen atoms in total. The molecule has 0 bridgehead atoms. The summed E-state index contributed by atoms with van der Waals surface area (Å²) in [5.74, 6) is 1.53. The number of methoxy groups -OCH3 is 2. The molecule has 1 saturated heterocycles. The number of rotatable bonds is 5. The quantitative estimate of drug-likeness (QED) is 0.775. The van der Waals surface area contributed by atoms with E-state index >= 15 is 0 Å². The maximum absolute atomic E-state index is 5.42. The molecule has 0 aromatic heterocycles. The second-order valence-electron chi connectivity index (χ2n) is 5.90. The van der Waals surface area contributed by atoms with Gasteiger partial charge in [0, 0.05) is 42.9 Å². The number of nitrogens with zero attached hydrogens (tertiary/aromatic N) is 2. The van der Waals surface area contributed by atoms with Crippen LogP contribution in [0.4, 0.5) is 5.69 Å². The van der Waals surface area contributed by atoms with Crippen molar-refractivity contribution < 1.29 is 9.47 Å². The molecule has 0 unspecified atom stereocenters. The van der Waals surface area contributed by atoms with Crippen LogP contribution in [0.3, 0.4) is 0 Å². The van der Waals surface area contributed by atoms with E-state index in [1.807, 2.05) is 6.07 Å². The van der Waals surface area contributed by atoms with Crippen molar-refractivity contribution in [3.05, 3.63) is 52.5 Å². The first kappa shape index (κ1) is 17.1. The second-order valence-corrected chi connectivity index (χ2v) is 6.75. The molecule has 1 heterocycles. The van der Waals surface area contributed by atoms with Gasteiger partial charge in [-0.2, -0.15) is 0 Å². The molecule has 24 heavy (non-hydrogen) atoms. The number of anilines is 1. The molecule has 2 aromatic carbocycles. The maximum Gasteiger partial charge on any atom is 0.161 e. The van der Waals surface area contributed by atoms with Crippen molar-refractivity contribution in [3.63, 3.8) is 0 Å². The number of para-hydroxylation sites is 1. The Balaban J connectivity index is 1.64. The van der Waals surface area contributed by atoms with Gasteiger partial charge in [-0.15, -0.1) is 0 Å². The van der Waals surface area contributed by atoms with E-state index in [-0.39, 0.29) is 0 Å². The number of ether oxygens (including phenoxy) is 2. The summed E-state index contributed by atoms with van der Waals surface area (Å²) in [7, 11) is 3.33. The van der Waals surface area contributed by atoms with Crippen LogP contribution in [0.25, 0.3) is 0 Å². The highest BCUT2D eigenvalue weighted by atomic mass is 79.9. The Morgan fingerprint density at radius 2 is 1.54 bits per heavy atom. The van der Waals surface area contributed by atoms with Crippen LogP contribution in [-0.4, -0.2) is 45.3 Å². The largest absolute Gasteiger partial charge is 0.493 e. The van der Waals surface area contributed by atoms with Crippen LogP contribution in [0.5, 0.6) is 11.5 Å². The van der Waals surface area contributed by atoms with E-state index in [0.29, 0.717) is 0 Å². The van der Waals surface area contributed by atoms with Gasteiger partial charge in [0.05, 0.1) is 14.2 Å². The zero-order valence-electron chi connectivity index (χ0n) is 14.2. The van der Waals surface area contributed by atoms with E-state index < -0.39 is 0 Å². The maximum atomic E-state index is 5.42. The van der Waals surface area contributed by atoms with Crippen molar-refractivity contribution in [1.29, 1.82) is 0 Å². The summed E-state index contributed by atoms with van der Waals surface area (Å²) in [6, 6.07) is 14.7. The van der Waals surface area contributed by atoms with E-state index in [0.717, 1.165) is 48.7 Å². The van der Waals surface area contributed by atoms with Crippen LogP contribution in [0, 0.1) is 0 Å². The van der Waals surface area contributed by atoms with Crippen LogP contribution in [0.15, 0.2) is 46.9 Å². The zero-order valence-corrected chi connectivity index (χ0v) is 15.8. The molecule has 128 valence electrons. The molecule has 2 aromatic rings. The van der Waals surface area contributed by atoms with Gasteiger partial charge in [-0.05, 0) is 29.8 Å². The first-order valence-electron chi connectivity index (χ1n) is 8.14. The van der Waals surface area contributed by atoms with Crippen molar-refractivity contribution in [3.8, 4) is 11.5 Å². The molecule has 1 aliphatic rings. The minimum atomic E-state index is 0.752. The minimum absolute atomic E-state index is 0.752. The number of piperazine rings is 1. The Morgan fingerprint density at radius 3 is 2.17 bits per heavy atom. The summed E-state index contributed by atoms with van der Waals surface area (Å²) >= 11 is 3.65. The van der Waals surface area contributed by atoms with Gasteiger partial charge >= 0.3 is 0 Å². The molecule has 5 heteroatoms. The highest BCUT2D eigenvalue weighted by Gasteiger charge is 2.19. The SMILES string of the molecule is COc1cc(Br)c(CN2CCN(c3ccccc3)CC2)cc1OC. The first-order chi connectivity index (χ1) is 11.7. The molecule has 0 saturated carbocycles. The Labute approximate surface area is 152 Å². The normalized spacial score (nSPS) is 15.4. The Hall–Kier alpha value is -1.72. The summed E-state index contributed by atoms with van der Waals surface area (Å²) in [5, 5.41) is 0. The summed E-state index contributed by atoms with van der Waals surface area (Å²) in [4.78, 5) is 4.92.